The van der Waals surface area contributed by atoms with Crippen LogP contribution in [0.1, 0.15) is 16.2 Å². The molecule has 1 aromatic rings. The van der Waals surface area contributed by atoms with Crippen molar-refractivity contribution in [3.63, 3.8) is 0 Å². The first-order chi connectivity index (χ1) is 5.92. The lowest BCUT2D eigenvalue weighted by atomic mass is 10.4. The third kappa shape index (κ3) is 2.57. The quantitative estimate of drug-likeness (QED) is 0.666. The SMILES string of the molecule is Cc1cc(C=O)n(CC(F)(F)F)n1. The first-order valence-corrected chi connectivity index (χ1v) is 3.49. The number of carbonyl (C=O) groups excluding carboxylic acids is 1. The second-order valence-electron chi connectivity index (χ2n) is 2.60. The van der Waals surface area contributed by atoms with Crippen LogP contribution in [-0.4, -0.2) is 22.2 Å². The van der Waals surface area contributed by atoms with Gasteiger partial charge in [-0.3, -0.25) is 9.48 Å². The monoisotopic (exact) mass is 192 g/mol. The van der Waals surface area contributed by atoms with Crippen LogP contribution in [0.3, 0.4) is 0 Å². The molecule has 1 heterocycles. The van der Waals surface area contributed by atoms with E-state index in [1.807, 2.05) is 0 Å². The number of rotatable bonds is 2. The number of halogens is 3. The van der Waals surface area contributed by atoms with Gasteiger partial charge in [-0.25, -0.2) is 0 Å². The Morgan fingerprint density at radius 1 is 1.62 bits per heavy atom. The van der Waals surface area contributed by atoms with E-state index in [-0.39, 0.29) is 5.69 Å². The van der Waals surface area contributed by atoms with E-state index in [1.165, 1.54) is 13.0 Å². The summed E-state index contributed by atoms with van der Waals surface area (Å²) in [5.41, 5.74) is 0.334. The van der Waals surface area contributed by atoms with Gasteiger partial charge >= 0.3 is 6.18 Å². The number of aldehydes is 1. The third-order valence-corrected chi connectivity index (χ3v) is 1.38. The zero-order valence-corrected chi connectivity index (χ0v) is 6.80. The van der Waals surface area contributed by atoms with Crippen LogP contribution >= 0.6 is 0 Å². The van der Waals surface area contributed by atoms with Gasteiger partial charge < -0.3 is 0 Å². The number of alkyl halides is 3. The van der Waals surface area contributed by atoms with Gasteiger partial charge in [-0.1, -0.05) is 0 Å². The number of nitrogens with zero attached hydrogens (tertiary/aromatic N) is 2. The van der Waals surface area contributed by atoms with Gasteiger partial charge in [0.1, 0.15) is 12.2 Å². The van der Waals surface area contributed by atoms with E-state index < -0.39 is 12.7 Å². The number of aromatic nitrogens is 2. The molecule has 3 nitrogen and oxygen atoms in total. The van der Waals surface area contributed by atoms with Crippen molar-refractivity contribution in [2.75, 3.05) is 0 Å². The van der Waals surface area contributed by atoms with E-state index >= 15 is 0 Å². The maximum Gasteiger partial charge on any atom is 0.408 e. The van der Waals surface area contributed by atoms with Crippen molar-refractivity contribution < 1.29 is 18.0 Å². The van der Waals surface area contributed by atoms with E-state index in [4.69, 9.17) is 0 Å². The van der Waals surface area contributed by atoms with Crippen LogP contribution in [0.5, 0.6) is 0 Å². The molecule has 13 heavy (non-hydrogen) atoms. The second kappa shape index (κ2) is 3.20. The van der Waals surface area contributed by atoms with Gasteiger partial charge in [0, 0.05) is 0 Å². The van der Waals surface area contributed by atoms with Crippen LogP contribution in [0, 0.1) is 6.92 Å². The van der Waals surface area contributed by atoms with E-state index in [9.17, 15) is 18.0 Å². The molecule has 0 aliphatic heterocycles. The molecule has 0 fully saturated rings. The summed E-state index contributed by atoms with van der Waals surface area (Å²) in [6.45, 7) is 0.300. The first kappa shape index (κ1) is 9.76. The summed E-state index contributed by atoms with van der Waals surface area (Å²) in [6.07, 6.45) is -4.00. The minimum atomic E-state index is -4.35. The fourth-order valence-corrected chi connectivity index (χ4v) is 0.957. The van der Waals surface area contributed by atoms with Crippen molar-refractivity contribution in [1.29, 1.82) is 0 Å². The van der Waals surface area contributed by atoms with Crippen LogP contribution in [0.2, 0.25) is 0 Å². The van der Waals surface area contributed by atoms with Crippen LogP contribution in [0.4, 0.5) is 13.2 Å². The summed E-state index contributed by atoms with van der Waals surface area (Å²) in [4.78, 5) is 10.3. The maximum absolute atomic E-state index is 11.9. The molecule has 0 spiro atoms. The Labute approximate surface area is 72.2 Å². The summed E-state index contributed by atoms with van der Waals surface area (Å²) in [5.74, 6) is 0. The van der Waals surface area contributed by atoms with Gasteiger partial charge in [0.15, 0.2) is 6.29 Å². The normalized spacial score (nSPS) is 11.7. The van der Waals surface area contributed by atoms with Crippen molar-refractivity contribution >= 4 is 6.29 Å². The average Bonchev–Trinajstić information content (AvgIpc) is 2.27. The summed E-state index contributed by atoms with van der Waals surface area (Å²) >= 11 is 0. The molecule has 1 aromatic heterocycles. The van der Waals surface area contributed by atoms with Crippen LogP contribution in [0.25, 0.3) is 0 Å². The number of hydrogen-bond acceptors (Lipinski definition) is 2. The molecule has 6 heteroatoms. The molecular weight excluding hydrogens is 185 g/mol. The molecule has 0 saturated carbocycles. The zero-order valence-electron chi connectivity index (χ0n) is 6.80. The first-order valence-electron chi connectivity index (χ1n) is 3.49. The van der Waals surface area contributed by atoms with E-state index in [1.54, 1.807) is 0 Å². The minimum Gasteiger partial charge on any atom is -0.296 e. The number of carbonyl (C=O) groups is 1. The zero-order chi connectivity index (χ0) is 10.1. The molecule has 0 saturated heterocycles. The highest BCUT2D eigenvalue weighted by atomic mass is 19.4. The second-order valence-corrected chi connectivity index (χ2v) is 2.60. The van der Waals surface area contributed by atoms with Crippen molar-refractivity contribution in [2.45, 2.75) is 19.6 Å². The van der Waals surface area contributed by atoms with Gasteiger partial charge in [-0.15, -0.1) is 0 Å². The Morgan fingerprint density at radius 3 is 2.69 bits per heavy atom. The molecular formula is C7H7F3N2O. The molecule has 0 aliphatic carbocycles. The molecule has 72 valence electrons. The highest BCUT2D eigenvalue weighted by Crippen LogP contribution is 2.18. The van der Waals surface area contributed by atoms with Gasteiger partial charge in [0.05, 0.1) is 5.69 Å². The van der Waals surface area contributed by atoms with E-state index in [0.29, 0.717) is 16.7 Å². The Balaban J connectivity index is 2.93. The summed E-state index contributed by atoms with van der Waals surface area (Å²) in [5, 5.41) is 3.53. The van der Waals surface area contributed by atoms with Gasteiger partial charge in [0.25, 0.3) is 0 Å². The van der Waals surface area contributed by atoms with Gasteiger partial charge in [-0.05, 0) is 13.0 Å². The molecule has 0 N–H and O–H groups in total. The number of hydrogen-bond donors (Lipinski definition) is 0. The summed E-state index contributed by atoms with van der Waals surface area (Å²) in [6, 6.07) is 1.30. The lowest BCUT2D eigenvalue weighted by molar-refractivity contribution is -0.142. The highest BCUT2D eigenvalue weighted by molar-refractivity contribution is 5.72. The molecule has 1 rings (SSSR count). The topological polar surface area (TPSA) is 34.9 Å². The fourth-order valence-electron chi connectivity index (χ4n) is 0.957. The average molecular weight is 192 g/mol. The molecule has 0 aromatic carbocycles. The van der Waals surface area contributed by atoms with Crippen molar-refractivity contribution in [3.05, 3.63) is 17.5 Å². The lowest BCUT2D eigenvalue weighted by Crippen LogP contribution is -2.20. The Kier molecular flexibility index (Phi) is 2.40. The summed E-state index contributed by atoms with van der Waals surface area (Å²) in [7, 11) is 0. The highest BCUT2D eigenvalue weighted by Gasteiger charge is 2.29. The van der Waals surface area contributed by atoms with Crippen LogP contribution in [-0.2, 0) is 6.54 Å². The molecule has 0 radical (unpaired) electrons. The van der Waals surface area contributed by atoms with Crippen molar-refractivity contribution in [3.8, 4) is 0 Å². The summed E-state index contributed by atoms with van der Waals surface area (Å²) < 4.78 is 36.3. The third-order valence-electron chi connectivity index (χ3n) is 1.38. The molecule has 0 amide bonds. The van der Waals surface area contributed by atoms with Gasteiger partial charge in [0.2, 0.25) is 0 Å². The lowest BCUT2D eigenvalue weighted by Gasteiger charge is -2.06. The largest absolute Gasteiger partial charge is 0.408 e. The van der Waals surface area contributed by atoms with E-state index in [0.717, 1.165) is 0 Å². The molecule has 0 aliphatic rings. The van der Waals surface area contributed by atoms with Crippen molar-refractivity contribution in [1.82, 2.24) is 9.78 Å². The van der Waals surface area contributed by atoms with Crippen LogP contribution in [0.15, 0.2) is 6.07 Å². The molecule has 0 bridgehead atoms. The Hall–Kier alpha value is -1.33. The standard InChI is InChI=1S/C7H7F3N2O/c1-5-2-6(3-13)12(11-5)4-7(8,9)10/h2-3H,4H2,1H3. The van der Waals surface area contributed by atoms with Crippen molar-refractivity contribution in [2.24, 2.45) is 0 Å². The smallest absolute Gasteiger partial charge is 0.296 e. The molecule has 0 unspecified atom stereocenters. The fraction of sp³-hybridized carbons (Fsp3) is 0.429. The van der Waals surface area contributed by atoms with Gasteiger partial charge in [-0.2, -0.15) is 18.3 Å². The Bertz CT molecular complexity index is 316. The predicted octanol–water partition coefficient (Wildman–Crippen LogP) is 1.57. The Morgan fingerprint density at radius 2 is 2.23 bits per heavy atom. The van der Waals surface area contributed by atoms with Crippen LogP contribution < -0.4 is 0 Å². The van der Waals surface area contributed by atoms with E-state index in [2.05, 4.69) is 5.10 Å². The predicted molar refractivity (Wildman–Crippen MR) is 38.4 cm³/mol. The minimum absolute atomic E-state index is 0.0603. The number of aryl methyl sites for hydroxylation is 1. The molecule has 0 atom stereocenters. The maximum atomic E-state index is 11.9.